The van der Waals surface area contributed by atoms with Crippen molar-refractivity contribution < 1.29 is 8.42 Å². The molecule has 0 spiro atoms. The van der Waals surface area contributed by atoms with E-state index in [-0.39, 0.29) is 11.5 Å². The molecule has 0 atom stereocenters. The highest BCUT2D eigenvalue weighted by molar-refractivity contribution is 7.92. The minimum Gasteiger partial charge on any atom is -0.228 e. The van der Waals surface area contributed by atoms with Gasteiger partial charge in [-0.25, -0.2) is 8.42 Å². The molecule has 0 aliphatic carbocycles. The van der Waals surface area contributed by atoms with Gasteiger partial charge in [-0.2, -0.15) is 0 Å². The van der Waals surface area contributed by atoms with E-state index in [9.17, 15) is 8.42 Å². The van der Waals surface area contributed by atoms with Gasteiger partial charge in [0, 0.05) is 5.02 Å². The molecule has 0 bridgehead atoms. The monoisotopic (exact) mass is 228 g/mol. The second-order valence-electron chi connectivity index (χ2n) is 3.26. The molecule has 14 heavy (non-hydrogen) atoms. The van der Waals surface area contributed by atoms with Crippen LogP contribution in [0.25, 0.3) is 5.57 Å². The average Bonchev–Trinajstić information content (AvgIpc) is 2.47. The van der Waals surface area contributed by atoms with E-state index in [1.807, 2.05) is 18.2 Å². The third kappa shape index (κ3) is 1.83. The van der Waals surface area contributed by atoms with Gasteiger partial charge in [-0.1, -0.05) is 35.9 Å². The summed E-state index contributed by atoms with van der Waals surface area (Å²) in [5.74, 6) is 0.240. The predicted molar refractivity (Wildman–Crippen MR) is 58.1 cm³/mol. The summed E-state index contributed by atoms with van der Waals surface area (Å²) in [6.45, 7) is 0. The van der Waals surface area contributed by atoms with E-state index in [1.165, 1.54) is 0 Å². The van der Waals surface area contributed by atoms with Gasteiger partial charge in [0.05, 0.1) is 11.5 Å². The summed E-state index contributed by atoms with van der Waals surface area (Å²) in [4.78, 5) is 0. The third-order valence-electron chi connectivity index (χ3n) is 2.18. The van der Waals surface area contributed by atoms with Crippen LogP contribution in [-0.2, 0) is 9.84 Å². The molecule has 0 fully saturated rings. The number of hydrogen-bond donors (Lipinski definition) is 0. The minimum absolute atomic E-state index is 0.108. The summed E-state index contributed by atoms with van der Waals surface area (Å²) in [7, 11) is -2.91. The lowest BCUT2D eigenvalue weighted by atomic mass is 10.1. The van der Waals surface area contributed by atoms with Crippen LogP contribution >= 0.6 is 11.6 Å². The second-order valence-corrected chi connectivity index (χ2v) is 5.78. The first-order valence-corrected chi connectivity index (χ1v) is 6.43. The quantitative estimate of drug-likeness (QED) is 0.738. The molecule has 0 saturated carbocycles. The van der Waals surface area contributed by atoms with E-state index < -0.39 is 9.84 Å². The van der Waals surface area contributed by atoms with Crippen molar-refractivity contribution >= 4 is 27.0 Å². The Morgan fingerprint density at radius 1 is 1.21 bits per heavy atom. The number of benzene rings is 1. The lowest BCUT2D eigenvalue weighted by molar-refractivity contribution is 0.603. The summed E-state index contributed by atoms with van der Waals surface area (Å²) >= 11 is 5.96. The zero-order valence-corrected chi connectivity index (χ0v) is 8.98. The van der Waals surface area contributed by atoms with Crippen LogP contribution in [0.3, 0.4) is 0 Å². The van der Waals surface area contributed by atoms with Gasteiger partial charge in [0.15, 0.2) is 9.84 Å². The van der Waals surface area contributed by atoms with Crippen molar-refractivity contribution in [2.75, 3.05) is 11.5 Å². The maximum atomic E-state index is 11.2. The molecule has 0 N–H and O–H groups in total. The number of hydrogen-bond acceptors (Lipinski definition) is 2. The van der Waals surface area contributed by atoms with Crippen molar-refractivity contribution in [3.05, 3.63) is 40.9 Å². The fourth-order valence-corrected chi connectivity index (χ4v) is 3.07. The van der Waals surface area contributed by atoms with Gasteiger partial charge in [0.25, 0.3) is 0 Å². The number of sulfone groups is 1. The van der Waals surface area contributed by atoms with E-state index in [1.54, 1.807) is 12.1 Å². The fraction of sp³-hybridized carbons (Fsp3) is 0.200. The Hall–Kier alpha value is -0.800. The van der Waals surface area contributed by atoms with Crippen LogP contribution in [0, 0.1) is 0 Å². The molecule has 1 aromatic carbocycles. The van der Waals surface area contributed by atoms with Gasteiger partial charge in [-0.15, -0.1) is 0 Å². The zero-order chi connectivity index (χ0) is 10.2. The normalized spacial score (nSPS) is 19.4. The van der Waals surface area contributed by atoms with E-state index in [0.29, 0.717) is 5.02 Å². The smallest absolute Gasteiger partial charge is 0.158 e. The molecule has 0 radical (unpaired) electrons. The molecule has 1 aromatic rings. The predicted octanol–water partition coefficient (Wildman–Crippen LogP) is 2.15. The Morgan fingerprint density at radius 3 is 2.50 bits per heavy atom. The van der Waals surface area contributed by atoms with Crippen LogP contribution in [0.1, 0.15) is 5.56 Å². The third-order valence-corrected chi connectivity index (χ3v) is 3.93. The summed E-state index contributed by atoms with van der Waals surface area (Å²) in [5, 5.41) is 0.607. The van der Waals surface area contributed by atoms with E-state index >= 15 is 0 Å². The van der Waals surface area contributed by atoms with Crippen molar-refractivity contribution in [3.63, 3.8) is 0 Å². The molecule has 74 valence electrons. The van der Waals surface area contributed by atoms with Gasteiger partial charge < -0.3 is 0 Å². The van der Waals surface area contributed by atoms with Crippen molar-refractivity contribution in [2.24, 2.45) is 0 Å². The molecule has 1 aliphatic rings. The highest BCUT2D eigenvalue weighted by atomic mass is 35.5. The molecule has 2 nitrogen and oxygen atoms in total. The summed E-state index contributed by atoms with van der Waals surface area (Å²) in [6, 6.07) is 7.29. The molecular formula is C10H9ClO2S. The van der Waals surface area contributed by atoms with Gasteiger partial charge in [-0.05, 0) is 17.2 Å². The van der Waals surface area contributed by atoms with E-state index in [2.05, 4.69) is 0 Å². The second kappa shape index (κ2) is 3.41. The molecule has 1 aliphatic heterocycles. The first-order chi connectivity index (χ1) is 6.58. The SMILES string of the molecule is O=S1(=O)CC=C(c2ccccc2Cl)C1. The Kier molecular flexibility index (Phi) is 2.37. The highest BCUT2D eigenvalue weighted by Gasteiger charge is 2.21. The Labute approximate surface area is 88.1 Å². The molecule has 1 heterocycles. The van der Waals surface area contributed by atoms with E-state index in [0.717, 1.165) is 11.1 Å². The van der Waals surface area contributed by atoms with E-state index in [4.69, 9.17) is 11.6 Å². The van der Waals surface area contributed by atoms with Gasteiger partial charge in [0.2, 0.25) is 0 Å². The van der Waals surface area contributed by atoms with Crippen LogP contribution in [0.2, 0.25) is 5.02 Å². The average molecular weight is 229 g/mol. The number of rotatable bonds is 1. The van der Waals surface area contributed by atoms with Crippen LogP contribution in [0.15, 0.2) is 30.3 Å². The first-order valence-electron chi connectivity index (χ1n) is 4.23. The molecule has 0 saturated heterocycles. The molecular weight excluding hydrogens is 220 g/mol. The largest absolute Gasteiger partial charge is 0.228 e. The standard InChI is InChI=1S/C10H9ClO2S/c11-10-4-2-1-3-9(10)8-5-6-14(12,13)7-8/h1-5H,6-7H2. The lowest BCUT2D eigenvalue weighted by Gasteiger charge is -2.03. The molecule has 0 amide bonds. The topological polar surface area (TPSA) is 34.1 Å². The van der Waals surface area contributed by atoms with Crippen molar-refractivity contribution in [1.29, 1.82) is 0 Å². The Morgan fingerprint density at radius 2 is 1.93 bits per heavy atom. The zero-order valence-electron chi connectivity index (χ0n) is 7.40. The minimum atomic E-state index is -2.91. The Bertz CT molecular complexity index is 489. The summed E-state index contributed by atoms with van der Waals surface area (Å²) in [5.41, 5.74) is 1.64. The lowest BCUT2D eigenvalue weighted by Crippen LogP contribution is -2.02. The van der Waals surface area contributed by atoms with Crippen LogP contribution in [0.4, 0.5) is 0 Å². The van der Waals surface area contributed by atoms with Crippen LogP contribution < -0.4 is 0 Å². The van der Waals surface area contributed by atoms with Gasteiger partial charge in [-0.3, -0.25) is 0 Å². The highest BCUT2D eigenvalue weighted by Crippen LogP contribution is 2.28. The first kappa shape index (κ1) is 9.74. The van der Waals surface area contributed by atoms with Crippen molar-refractivity contribution in [3.8, 4) is 0 Å². The molecule has 0 aromatic heterocycles. The molecule has 0 unspecified atom stereocenters. The van der Waals surface area contributed by atoms with Gasteiger partial charge in [0.1, 0.15) is 0 Å². The summed E-state index contributed by atoms with van der Waals surface area (Å²) in [6.07, 6.45) is 1.73. The van der Waals surface area contributed by atoms with Crippen molar-refractivity contribution in [2.45, 2.75) is 0 Å². The molecule has 4 heteroatoms. The Balaban J connectivity index is 2.40. The molecule has 2 rings (SSSR count). The van der Waals surface area contributed by atoms with Gasteiger partial charge >= 0.3 is 0 Å². The maximum Gasteiger partial charge on any atom is 0.158 e. The fourth-order valence-electron chi connectivity index (χ4n) is 1.49. The maximum absolute atomic E-state index is 11.2. The van der Waals surface area contributed by atoms with Crippen LogP contribution in [0.5, 0.6) is 0 Å². The van der Waals surface area contributed by atoms with Crippen molar-refractivity contribution in [1.82, 2.24) is 0 Å². The number of halogens is 1. The summed E-state index contributed by atoms with van der Waals surface area (Å²) < 4.78 is 22.5. The van der Waals surface area contributed by atoms with Crippen LogP contribution in [-0.4, -0.2) is 19.9 Å².